The van der Waals surface area contributed by atoms with Crippen LogP contribution in [0.5, 0.6) is 0 Å². The molecule has 0 aromatic heterocycles. The Balaban J connectivity index is 0.972. The molecule has 0 aliphatic heterocycles. The number of anilines is 8. The Morgan fingerprint density at radius 3 is 1.26 bits per heavy atom. The normalized spacial score (nSPS) is 12.4. The van der Waals surface area contributed by atoms with Crippen LogP contribution in [0.25, 0.3) is 5.57 Å². The van der Waals surface area contributed by atoms with Crippen LogP contribution >= 0.6 is 0 Å². The van der Waals surface area contributed by atoms with E-state index >= 15 is 0 Å². The van der Waals surface area contributed by atoms with Gasteiger partial charge in [0.15, 0.2) is 0 Å². The fraction of sp³-hybridized carbons (Fsp3) is 0.0476. The lowest BCUT2D eigenvalue weighted by atomic mass is 9.95. The van der Waals surface area contributed by atoms with Gasteiger partial charge in [-0.3, -0.25) is 0 Å². The van der Waals surface area contributed by atoms with Crippen LogP contribution in [0, 0.1) is 0 Å². The summed E-state index contributed by atoms with van der Waals surface area (Å²) in [5.41, 5.74) is 12.6. The molecule has 0 saturated carbocycles. The molecule has 0 fully saturated rings. The predicted molar refractivity (Wildman–Crippen MR) is 196 cm³/mol. The predicted octanol–water partition coefficient (Wildman–Crippen LogP) is 11.8. The number of nitrogens with zero attached hydrogens (tertiary/aromatic N) is 1. The summed E-state index contributed by atoms with van der Waals surface area (Å²) in [6.07, 6.45) is 6.42. The van der Waals surface area contributed by atoms with Crippen molar-refractivity contribution in [2.45, 2.75) is 12.8 Å². The topological polar surface area (TPSA) is 39.3 Å². The standard InChI is InChI=1S/C42H36N4/c1-4-10-34(11-5-1)43-37-24-26-38(27-25-37)44-35-20-16-32(17-21-35)33-18-22-36(23-19-33)45-39-28-30-42(31-29-39)46(40-12-6-2-7-13-40)41-14-8-3-9-15-41/h1-18,20-22,24-31,43-45H,19,23H2. The quantitative estimate of drug-likeness (QED) is 0.147. The number of para-hydroxylation sites is 3. The lowest BCUT2D eigenvalue weighted by Crippen LogP contribution is -2.10. The summed E-state index contributed by atoms with van der Waals surface area (Å²) < 4.78 is 0. The van der Waals surface area contributed by atoms with Crippen LogP contribution in [0.2, 0.25) is 0 Å². The van der Waals surface area contributed by atoms with Crippen molar-refractivity contribution in [2.24, 2.45) is 0 Å². The van der Waals surface area contributed by atoms with Crippen LogP contribution in [0.1, 0.15) is 18.4 Å². The first-order valence-corrected chi connectivity index (χ1v) is 15.7. The van der Waals surface area contributed by atoms with Crippen LogP contribution in [-0.4, -0.2) is 0 Å². The van der Waals surface area contributed by atoms with Gasteiger partial charge in [0.25, 0.3) is 0 Å². The van der Waals surface area contributed by atoms with Crippen molar-refractivity contribution in [2.75, 3.05) is 20.9 Å². The molecule has 4 heteroatoms. The first-order valence-electron chi connectivity index (χ1n) is 15.7. The third-order valence-electron chi connectivity index (χ3n) is 8.10. The molecule has 6 aromatic rings. The van der Waals surface area contributed by atoms with Gasteiger partial charge in [-0.25, -0.2) is 0 Å². The number of rotatable bonds is 10. The van der Waals surface area contributed by atoms with Gasteiger partial charge in [0, 0.05) is 51.2 Å². The Labute approximate surface area is 271 Å². The summed E-state index contributed by atoms with van der Waals surface area (Å²) in [6, 6.07) is 57.0. The van der Waals surface area contributed by atoms with E-state index in [1.807, 2.05) is 18.2 Å². The van der Waals surface area contributed by atoms with Crippen molar-refractivity contribution in [1.82, 2.24) is 0 Å². The molecule has 7 rings (SSSR count). The van der Waals surface area contributed by atoms with Gasteiger partial charge < -0.3 is 20.9 Å². The molecule has 3 N–H and O–H groups in total. The van der Waals surface area contributed by atoms with Gasteiger partial charge in [-0.05, 0) is 127 Å². The molecule has 0 spiro atoms. The summed E-state index contributed by atoms with van der Waals surface area (Å²) in [4.78, 5) is 2.28. The Bertz CT molecular complexity index is 1870. The smallest absolute Gasteiger partial charge is 0.0463 e. The molecule has 4 nitrogen and oxygen atoms in total. The molecule has 1 aliphatic carbocycles. The SMILES string of the molecule is C1=C(Nc2ccc(N(c3ccccc3)c3ccccc3)cc2)CCC(c2ccc(Nc3ccc(Nc4ccccc4)cc3)cc2)=C1. The highest BCUT2D eigenvalue weighted by molar-refractivity contribution is 5.78. The highest BCUT2D eigenvalue weighted by Crippen LogP contribution is 2.35. The fourth-order valence-corrected chi connectivity index (χ4v) is 5.72. The lowest BCUT2D eigenvalue weighted by Gasteiger charge is -2.25. The minimum absolute atomic E-state index is 0.969. The minimum Gasteiger partial charge on any atom is -0.359 e. The zero-order valence-electron chi connectivity index (χ0n) is 25.6. The summed E-state index contributed by atoms with van der Waals surface area (Å²) in [5, 5.41) is 10.6. The van der Waals surface area contributed by atoms with Gasteiger partial charge in [-0.15, -0.1) is 0 Å². The zero-order valence-corrected chi connectivity index (χ0v) is 25.6. The summed E-state index contributed by atoms with van der Waals surface area (Å²) >= 11 is 0. The van der Waals surface area contributed by atoms with Crippen LogP contribution in [0.4, 0.5) is 45.5 Å². The van der Waals surface area contributed by atoms with Crippen LogP contribution in [0.15, 0.2) is 182 Å². The van der Waals surface area contributed by atoms with Crippen molar-refractivity contribution in [3.63, 3.8) is 0 Å². The van der Waals surface area contributed by atoms with Gasteiger partial charge in [0.2, 0.25) is 0 Å². The second kappa shape index (κ2) is 13.7. The van der Waals surface area contributed by atoms with Gasteiger partial charge in [0.05, 0.1) is 0 Å². The van der Waals surface area contributed by atoms with Crippen LogP contribution in [0.3, 0.4) is 0 Å². The van der Waals surface area contributed by atoms with Crippen LogP contribution < -0.4 is 20.9 Å². The molecule has 0 radical (unpaired) electrons. The maximum Gasteiger partial charge on any atom is 0.0463 e. The Morgan fingerprint density at radius 1 is 0.348 bits per heavy atom. The first-order chi connectivity index (χ1) is 22.8. The van der Waals surface area contributed by atoms with E-state index in [1.54, 1.807) is 0 Å². The molecule has 0 amide bonds. The Hall–Kier alpha value is -6.00. The van der Waals surface area contributed by atoms with Crippen molar-refractivity contribution in [1.29, 1.82) is 0 Å². The van der Waals surface area contributed by atoms with Gasteiger partial charge in [-0.1, -0.05) is 72.8 Å². The Kier molecular flexibility index (Phi) is 8.59. The van der Waals surface area contributed by atoms with E-state index in [2.05, 4.69) is 179 Å². The maximum absolute atomic E-state index is 3.64. The number of hydrogen-bond acceptors (Lipinski definition) is 4. The number of allylic oxidation sites excluding steroid dienone is 4. The third kappa shape index (κ3) is 7.03. The maximum atomic E-state index is 3.64. The summed E-state index contributed by atoms with van der Waals surface area (Å²) in [5.74, 6) is 0. The zero-order chi connectivity index (χ0) is 31.0. The summed E-state index contributed by atoms with van der Waals surface area (Å²) in [6.45, 7) is 0. The molecular formula is C42H36N4. The lowest BCUT2D eigenvalue weighted by molar-refractivity contribution is 0.982. The average molecular weight is 597 g/mol. The van der Waals surface area contributed by atoms with E-state index in [-0.39, 0.29) is 0 Å². The largest absolute Gasteiger partial charge is 0.359 e. The molecule has 0 unspecified atom stereocenters. The second-order valence-corrected chi connectivity index (χ2v) is 11.3. The fourth-order valence-electron chi connectivity index (χ4n) is 5.72. The summed E-state index contributed by atoms with van der Waals surface area (Å²) in [7, 11) is 0. The Morgan fingerprint density at radius 2 is 0.761 bits per heavy atom. The van der Waals surface area contributed by atoms with E-state index in [1.165, 1.54) is 16.8 Å². The van der Waals surface area contributed by atoms with Gasteiger partial charge >= 0.3 is 0 Å². The molecule has 0 saturated heterocycles. The van der Waals surface area contributed by atoms with E-state index in [9.17, 15) is 0 Å². The number of hydrogen-bond donors (Lipinski definition) is 3. The molecule has 1 aliphatic rings. The second-order valence-electron chi connectivity index (χ2n) is 11.3. The van der Waals surface area contributed by atoms with E-state index in [0.717, 1.165) is 58.3 Å². The molecular weight excluding hydrogens is 560 g/mol. The van der Waals surface area contributed by atoms with Crippen molar-refractivity contribution >= 4 is 51.1 Å². The highest BCUT2D eigenvalue weighted by atomic mass is 15.1. The molecule has 6 aromatic carbocycles. The van der Waals surface area contributed by atoms with E-state index in [0.29, 0.717) is 0 Å². The van der Waals surface area contributed by atoms with Gasteiger partial charge in [0.1, 0.15) is 0 Å². The molecule has 224 valence electrons. The molecule has 46 heavy (non-hydrogen) atoms. The third-order valence-corrected chi connectivity index (χ3v) is 8.10. The average Bonchev–Trinajstić information content (AvgIpc) is 3.12. The molecule has 0 bridgehead atoms. The van der Waals surface area contributed by atoms with Gasteiger partial charge in [-0.2, -0.15) is 0 Å². The van der Waals surface area contributed by atoms with Crippen molar-refractivity contribution in [3.8, 4) is 0 Å². The van der Waals surface area contributed by atoms with Crippen LogP contribution in [-0.2, 0) is 0 Å². The molecule has 0 heterocycles. The van der Waals surface area contributed by atoms with Crippen molar-refractivity contribution < 1.29 is 0 Å². The number of nitrogens with one attached hydrogen (secondary N) is 3. The molecule has 0 atom stereocenters. The minimum atomic E-state index is 0.969. The monoisotopic (exact) mass is 596 g/mol. The van der Waals surface area contributed by atoms with Crippen molar-refractivity contribution in [3.05, 3.63) is 187 Å². The number of benzene rings is 6. The van der Waals surface area contributed by atoms with E-state index in [4.69, 9.17) is 0 Å². The first kappa shape index (κ1) is 28.8. The highest BCUT2D eigenvalue weighted by Gasteiger charge is 2.13. The van der Waals surface area contributed by atoms with E-state index < -0.39 is 0 Å².